The molecular formula is C3H2Cl4O2. The Labute approximate surface area is 72.0 Å². The smallest absolute Gasteiger partial charge is 0.295 e. The lowest BCUT2D eigenvalue weighted by molar-refractivity contribution is -0.131. The SMILES string of the molecule is O=COC(Cl)(Cl)C(Cl)Cl. The summed E-state index contributed by atoms with van der Waals surface area (Å²) in [4.78, 5) is 8.46. The van der Waals surface area contributed by atoms with Crippen molar-refractivity contribution in [3.63, 3.8) is 0 Å². The molecule has 0 bridgehead atoms. The fourth-order valence-electron chi connectivity index (χ4n) is 0.116. The van der Waals surface area contributed by atoms with E-state index in [1.165, 1.54) is 0 Å². The molecule has 6 heteroatoms. The molecule has 0 aliphatic rings. The summed E-state index contributed by atoms with van der Waals surface area (Å²) < 4.78 is 2.23. The topological polar surface area (TPSA) is 26.3 Å². The summed E-state index contributed by atoms with van der Waals surface area (Å²) in [5.74, 6) is 0. The highest BCUT2D eigenvalue weighted by Crippen LogP contribution is 2.32. The van der Waals surface area contributed by atoms with Crippen LogP contribution < -0.4 is 0 Å². The predicted octanol–water partition coefficient (Wildman–Crippen LogP) is 2.09. The number of hydrogen-bond acceptors (Lipinski definition) is 2. The lowest BCUT2D eigenvalue weighted by Gasteiger charge is -2.16. The van der Waals surface area contributed by atoms with Gasteiger partial charge in [-0.15, -0.1) is 0 Å². The van der Waals surface area contributed by atoms with E-state index in [1.54, 1.807) is 0 Å². The van der Waals surface area contributed by atoms with Crippen molar-refractivity contribution in [3.8, 4) is 0 Å². The van der Waals surface area contributed by atoms with E-state index in [1.807, 2.05) is 0 Å². The molecule has 0 heterocycles. The number of hydrogen-bond donors (Lipinski definition) is 0. The number of ether oxygens (including phenoxy) is 1. The van der Waals surface area contributed by atoms with Crippen LogP contribution in [0.15, 0.2) is 0 Å². The van der Waals surface area contributed by atoms with Gasteiger partial charge in [-0.2, -0.15) is 0 Å². The molecule has 0 aliphatic heterocycles. The van der Waals surface area contributed by atoms with E-state index in [0.717, 1.165) is 0 Å². The Bertz CT molecular complexity index is 102. The van der Waals surface area contributed by atoms with Gasteiger partial charge in [-0.05, 0) is 0 Å². The van der Waals surface area contributed by atoms with Crippen LogP contribution in [0.5, 0.6) is 0 Å². The summed E-state index contributed by atoms with van der Waals surface area (Å²) in [6, 6.07) is 0. The number of rotatable bonds is 3. The van der Waals surface area contributed by atoms with Crippen molar-refractivity contribution in [2.24, 2.45) is 0 Å². The molecule has 2 nitrogen and oxygen atoms in total. The molecule has 0 aromatic heterocycles. The van der Waals surface area contributed by atoms with Crippen molar-refractivity contribution in [1.29, 1.82) is 0 Å². The van der Waals surface area contributed by atoms with Crippen LogP contribution in [-0.2, 0) is 9.53 Å². The van der Waals surface area contributed by atoms with Crippen LogP contribution in [0.2, 0.25) is 0 Å². The second-order valence-corrected chi connectivity index (χ2v) is 3.49. The monoisotopic (exact) mass is 210 g/mol. The molecule has 0 N–H and O–H groups in total. The standard InChI is InChI=1S/C3H2Cl4O2/c4-2(5)3(6,7)9-1-8/h1-2H. The van der Waals surface area contributed by atoms with Gasteiger partial charge in [-0.25, -0.2) is 0 Å². The van der Waals surface area contributed by atoms with Gasteiger partial charge in [-0.1, -0.05) is 46.4 Å². The molecule has 0 spiro atoms. The van der Waals surface area contributed by atoms with E-state index in [4.69, 9.17) is 46.4 Å². The third-order valence-electron chi connectivity index (χ3n) is 0.459. The van der Waals surface area contributed by atoms with Crippen molar-refractivity contribution in [3.05, 3.63) is 0 Å². The highest BCUT2D eigenvalue weighted by atomic mass is 35.5. The highest BCUT2D eigenvalue weighted by molar-refractivity contribution is 6.59. The molecule has 0 aromatic rings. The fourth-order valence-corrected chi connectivity index (χ4v) is 0.291. The quantitative estimate of drug-likeness (QED) is 0.528. The molecule has 0 amide bonds. The Hall–Kier alpha value is 0.630. The van der Waals surface area contributed by atoms with Gasteiger partial charge >= 0.3 is 0 Å². The molecule has 0 aromatic carbocycles. The molecule has 0 saturated carbocycles. The van der Waals surface area contributed by atoms with Crippen molar-refractivity contribution < 1.29 is 9.53 Å². The zero-order chi connectivity index (χ0) is 7.49. The van der Waals surface area contributed by atoms with Gasteiger partial charge in [0.2, 0.25) is 0 Å². The molecule has 0 unspecified atom stereocenters. The zero-order valence-corrected chi connectivity index (χ0v) is 7.01. The van der Waals surface area contributed by atoms with E-state index in [2.05, 4.69) is 4.74 Å². The number of halogens is 4. The first-order chi connectivity index (χ1) is 4.00. The minimum absolute atomic E-state index is 0.0672. The molecular weight excluding hydrogens is 210 g/mol. The first kappa shape index (κ1) is 9.63. The lowest BCUT2D eigenvalue weighted by atomic mass is 10.8. The Morgan fingerprint density at radius 1 is 1.44 bits per heavy atom. The van der Waals surface area contributed by atoms with Crippen molar-refractivity contribution in [2.45, 2.75) is 9.36 Å². The molecule has 0 radical (unpaired) electrons. The summed E-state index contributed by atoms with van der Waals surface area (Å²) in [5, 5.41) is 0. The minimum atomic E-state index is -1.84. The van der Waals surface area contributed by atoms with Crippen LogP contribution in [-0.4, -0.2) is 15.8 Å². The molecule has 0 rings (SSSR count). The van der Waals surface area contributed by atoms with E-state index in [9.17, 15) is 4.79 Å². The van der Waals surface area contributed by atoms with Gasteiger partial charge in [0.1, 0.15) is 0 Å². The average molecular weight is 212 g/mol. The van der Waals surface area contributed by atoms with Gasteiger partial charge in [-0.3, -0.25) is 4.79 Å². The van der Waals surface area contributed by atoms with Crippen LogP contribution in [0.25, 0.3) is 0 Å². The maximum absolute atomic E-state index is 9.62. The summed E-state index contributed by atoms with van der Waals surface area (Å²) in [7, 11) is 0. The molecule has 54 valence electrons. The van der Waals surface area contributed by atoms with Crippen molar-refractivity contribution >= 4 is 52.9 Å². The average Bonchev–Trinajstić information content (AvgIpc) is 1.65. The summed E-state index contributed by atoms with van der Waals surface area (Å²) in [6.07, 6.45) is 0. The number of carbonyl (C=O) groups excluding carboxylic acids is 1. The lowest BCUT2D eigenvalue weighted by Crippen LogP contribution is -2.25. The second kappa shape index (κ2) is 3.71. The van der Waals surface area contributed by atoms with Gasteiger partial charge in [0.05, 0.1) is 0 Å². The first-order valence-electron chi connectivity index (χ1n) is 1.78. The Kier molecular flexibility index (Phi) is 3.97. The van der Waals surface area contributed by atoms with Crippen LogP contribution in [0.4, 0.5) is 0 Å². The van der Waals surface area contributed by atoms with Gasteiger partial charge in [0.15, 0.2) is 4.84 Å². The van der Waals surface area contributed by atoms with Crippen molar-refractivity contribution in [1.82, 2.24) is 0 Å². The normalized spacial score (nSPS) is 11.7. The first-order valence-corrected chi connectivity index (χ1v) is 3.41. The second-order valence-electron chi connectivity index (χ2n) is 1.08. The van der Waals surface area contributed by atoms with E-state index < -0.39 is 9.36 Å². The largest absolute Gasteiger partial charge is 0.428 e. The molecule has 0 fully saturated rings. The van der Waals surface area contributed by atoms with Crippen molar-refractivity contribution in [2.75, 3.05) is 0 Å². The minimum Gasteiger partial charge on any atom is -0.428 e. The molecule has 9 heavy (non-hydrogen) atoms. The maximum Gasteiger partial charge on any atom is 0.295 e. The highest BCUT2D eigenvalue weighted by Gasteiger charge is 2.33. The Balaban J connectivity index is 3.84. The molecule has 0 saturated heterocycles. The number of alkyl halides is 4. The molecule has 0 aliphatic carbocycles. The van der Waals surface area contributed by atoms with E-state index in [0.29, 0.717) is 0 Å². The Morgan fingerprint density at radius 2 is 1.89 bits per heavy atom. The van der Waals surface area contributed by atoms with Crippen LogP contribution >= 0.6 is 46.4 Å². The fraction of sp³-hybridized carbons (Fsp3) is 0.667. The van der Waals surface area contributed by atoms with E-state index in [-0.39, 0.29) is 6.47 Å². The zero-order valence-electron chi connectivity index (χ0n) is 3.98. The van der Waals surface area contributed by atoms with Crippen LogP contribution in [0.1, 0.15) is 0 Å². The summed E-state index contributed by atoms with van der Waals surface area (Å²) in [6.45, 7) is 0.0672. The number of carbonyl (C=O) groups is 1. The van der Waals surface area contributed by atoms with Gasteiger partial charge in [0, 0.05) is 0 Å². The van der Waals surface area contributed by atoms with E-state index >= 15 is 0 Å². The summed E-state index contributed by atoms with van der Waals surface area (Å²) in [5.41, 5.74) is 0. The third kappa shape index (κ3) is 3.36. The Morgan fingerprint density at radius 3 is 2.00 bits per heavy atom. The van der Waals surface area contributed by atoms with Crippen LogP contribution in [0, 0.1) is 0 Å². The van der Waals surface area contributed by atoms with Crippen LogP contribution in [0.3, 0.4) is 0 Å². The van der Waals surface area contributed by atoms with Gasteiger partial charge < -0.3 is 4.74 Å². The molecule has 0 atom stereocenters. The third-order valence-corrected chi connectivity index (χ3v) is 2.14. The predicted molar refractivity (Wildman–Crippen MR) is 37.1 cm³/mol. The summed E-state index contributed by atoms with van der Waals surface area (Å²) >= 11 is 20.8. The maximum atomic E-state index is 9.62. The van der Waals surface area contributed by atoms with Gasteiger partial charge in [0.25, 0.3) is 11.0 Å².